The minimum Gasteiger partial charge on any atom is -0.496 e. The van der Waals surface area contributed by atoms with Gasteiger partial charge >= 0.3 is 5.97 Å². The van der Waals surface area contributed by atoms with Gasteiger partial charge in [0.1, 0.15) is 11.3 Å². The highest BCUT2D eigenvalue weighted by Gasteiger charge is 2.22. The molecule has 0 bridgehead atoms. The fourth-order valence-corrected chi connectivity index (χ4v) is 2.85. The van der Waals surface area contributed by atoms with Crippen LogP contribution in [0.5, 0.6) is 5.75 Å². The summed E-state index contributed by atoms with van der Waals surface area (Å²) in [5.74, 6) is -0.443. The first-order valence-electron chi connectivity index (χ1n) is 8.34. The van der Waals surface area contributed by atoms with E-state index in [-0.39, 0.29) is 23.9 Å². The molecule has 1 heterocycles. The van der Waals surface area contributed by atoms with Crippen molar-refractivity contribution >= 4 is 23.3 Å². The molecule has 0 radical (unpaired) electrons. The SMILES string of the molecule is COc1ccccc1C(=O)OCC(=O)c1ccc(N2CCCC2=O)cc1. The maximum absolute atomic E-state index is 12.2. The summed E-state index contributed by atoms with van der Waals surface area (Å²) in [5.41, 5.74) is 1.47. The summed E-state index contributed by atoms with van der Waals surface area (Å²) in [6.45, 7) is 0.335. The molecule has 6 heteroatoms. The fraction of sp³-hybridized carbons (Fsp3) is 0.250. The zero-order valence-electron chi connectivity index (χ0n) is 14.4. The van der Waals surface area contributed by atoms with Crippen LogP contribution >= 0.6 is 0 Å². The van der Waals surface area contributed by atoms with E-state index >= 15 is 0 Å². The Morgan fingerprint density at radius 1 is 1.08 bits per heavy atom. The molecule has 0 unspecified atom stereocenters. The van der Waals surface area contributed by atoms with E-state index < -0.39 is 5.97 Å². The Labute approximate surface area is 151 Å². The van der Waals surface area contributed by atoms with Crippen molar-refractivity contribution in [2.45, 2.75) is 12.8 Å². The molecule has 6 nitrogen and oxygen atoms in total. The first-order chi connectivity index (χ1) is 12.6. The van der Waals surface area contributed by atoms with Gasteiger partial charge in [0.25, 0.3) is 0 Å². The number of hydrogen-bond acceptors (Lipinski definition) is 5. The smallest absolute Gasteiger partial charge is 0.342 e. The predicted molar refractivity (Wildman–Crippen MR) is 95.6 cm³/mol. The van der Waals surface area contributed by atoms with Gasteiger partial charge in [-0.05, 0) is 42.8 Å². The van der Waals surface area contributed by atoms with Gasteiger partial charge in [0.15, 0.2) is 12.4 Å². The Morgan fingerprint density at radius 3 is 2.46 bits per heavy atom. The van der Waals surface area contributed by atoms with Gasteiger partial charge < -0.3 is 14.4 Å². The highest BCUT2D eigenvalue weighted by Crippen LogP contribution is 2.22. The number of amides is 1. The number of nitrogens with zero attached hydrogens (tertiary/aromatic N) is 1. The number of Topliss-reactive ketones (excluding diaryl/α,β-unsaturated/α-hetero) is 1. The highest BCUT2D eigenvalue weighted by molar-refractivity contribution is 6.01. The van der Waals surface area contributed by atoms with Crippen molar-refractivity contribution in [3.63, 3.8) is 0 Å². The van der Waals surface area contributed by atoms with Crippen LogP contribution in [0.4, 0.5) is 5.69 Å². The standard InChI is InChI=1S/C20H19NO5/c1-25-18-6-3-2-5-16(18)20(24)26-13-17(22)14-8-10-15(11-9-14)21-12-4-7-19(21)23/h2-3,5-6,8-11H,4,7,12-13H2,1H3. The molecule has 1 aliphatic heterocycles. The highest BCUT2D eigenvalue weighted by atomic mass is 16.5. The molecule has 0 spiro atoms. The second kappa shape index (κ2) is 7.82. The van der Waals surface area contributed by atoms with Crippen molar-refractivity contribution in [1.82, 2.24) is 0 Å². The normalized spacial score (nSPS) is 13.6. The van der Waals surface area contributed by atoms with E-state index in [0.717, 1.165) is 12.1 Å². The third-order valence-electron chi connectivity index (χ3n) is 4.24. The Balaban J connectivity index is 1.61. The van der Waals surface area contributed by atoms with Crippen LogP contribution in [-0.4, -0.2) is 37.9 Å². The monoisotopic (exact) mass is 353 g/mol. The number of hydrogen-bond donors (Lipinski definition) is 0. The summed E-state index contributed by atoms with van der Waals surface area (Å²) in [7, 11) is 1.46. The Hall–Kier alpha value is -3.15. The lowest BCUT2D eigenvalue weighted by atomic mass is 10.1. The van der Waals surface area contributed by atoms with E-state index in [9.17, 15) is 14.4 Å². The average molecular weight is 353 g/mol. The first kappa shape index (κ1) is 17.7. The Bertz CT molecular complexity index is 828. The van der Waals surface area contributed by atoms with Crippen LogP contribution in [-0.2, 0) is 9.53 Å². The largest absolute Gasteiger partial charge is 0.496 e. The Kier molecular flexibility index (Phi) is 5.31. The molecule has 26 heavy (non-hydrogen) atoms. The molecule has 1 fully saturated rings. The van der Waals surface area contributed by atoms with E-state index in [1.165, 1.54) is 7.11 Å². The number of esters is 1. The van der Waals surface area contributed by atoms with E-state index in [0.29, 0.717) is 24.3 Å². The fourth-order valence-electron chi connectivity index (χ4n) is 2.85. The van der Waals surface area contributed by atoms with Crippen LogP contribution in [0.1, 0.15) is 33.6 Å². The predicted octanol–water partition coefficient (Wildman–Crippen LogP) is 2.86. The quantitative estimate of drug-likeness (QED) is 0.590. The number of methoxy groups -OCH3 is 1. The maximum atomic E-state index is 12.2. The summed E-state index contributed by atoms with van der Waals surface area (Å²) in [5, 5.41) is 0. The number of ether oxygens (including phenoxy) is 2. The first-order valence-corrected chi connectivity index (χ1v) is 8.34. The van der Waals surface area contributed by atoms with Crippen LogP contribution in [0.2, 0.25) is 0 Å². The van der Waals surface area contributed by atoms with Gasteiger partial charge in [-0.2, -0.15) is 0 Å². The number of anilines is 1. The molecule has 0 aliphatic carbocycles. The van der Waals surface area contributed by atoms with E-state index in [2.05, 4.69) is 0 Å². The lowest BCUT2D eigenvalue weighted by molar-refractivity contribution is -0.117. The molecule has 134 valence electrons. The third kappa shape index (κ3) is 3.74. The van der Waals surface area contributed by atoms with Gasteiger partial charge in [-0.25, -0.2) is 4.79 Å². The molecule has 1 aliphatic rings. The summed E-state index contributed by atoms with van der Waals surface area (Å²) < 4.78 is 10.2. The van der Waals surface area contributed by atoms with Crippen LogP contribution in [0.15, 0.2) is 48.5 Å². The summed E-state index contributed by atoms with van der Waals surface area (Å²) >= 11 is 0. The van der Waals surface area contributed by atoms with Gasteiger partial charge in [-0.1, -0.05) is 12.1 Å². The van der Waals surface area contributed by atoms with Crippen molar-refractivity contribution in [3.05, 3.63) is 59.7 Å². The summed E-state index contributed by atoms with van der Waals surface area (Å²) in [6, 6.07) is 13.4. The van der Waals surface area contributed by atoms with E-state index in [1.807, 2.05) is 0 Å². The molecule has 0 N–H and O–H groups in total. The van der Waals surface area contributed by atoms with Gasteiger partial charge in [0.2, 0.25) is 5.91 Å². The Morgan fingerprint density at radius 2 is 1.81 bits per heavy atom. The molecular weight excluding hydrogens is 334 g/mol. The van der Waals surface area contributed by atoms with Crippen LogP contribution in [0, 0.1) is 0 Å². The second-order valence-corrected chi connectivity index (χ2v) is 5.90. The average Bonchev–Trinajstić information content (AvgIpc) is 3.11. The second-order valence-electron chi connectivity index (χ2n) is 5.90. The molecular formula is C20H19NO5. The van der Waals surface area contributed by atoms with Gasteiger partial charge in [-0.3, -0.25) is 9.59 Å². The number of carbonyl (C=O) groups is 3. The molecule has 0 saturated carbocycles. The maximum Gasteiger partial charge on any atom is 0.342 e. The topological polar surface area (TPSA) is 72.9 Å². The zero-order chi connectivity index (χ0) is 18.5. The molecule has 3 rings (SSSR count). The number of benzene rings is 2. The molecule has 1 saturated heterocycles. The molecule has 2 aromatic carbocycles. The van der Waals surface area contributed by atoms with Crippen LogP contribution in [0.3, 0.4) is 0 Å². The lowest BCUT2D eigenvalue weighted by Gasteiger charge is -2.15. The van der Waals surface area contributed by atoms with Crippen molar-refractivity contribution in [1.29, 1.82) is 0 Å². The molecule has 0 aromatic heterocycles. The summed E-state index contributed by atoms with van der Waals surface area (Å²) in [4.78, 5) is 37.8. The third-order valence-corrected chi connectivity index (χ3v) is 4.24. The summed E-state index contributed by atoms with van der Waals surface area (Å²) in [6.07, 6.45) is 1.40. The van der Waals surface area contributed by atoms with Crippen LogP contribution < -0.4 is 9.64 Å². The number of para-hydroxylation sites is 1. The van der Waals surface area contributed by atoms with E-state index in [1.54, 1.807) is 53.4 Å². The minimum absolute atomic E-state index is 0.0924. The van der Waals surface area contributed by atoms with Gasteiger partial charge in [0.05, 0.1) is 7.11 Å². The molecule has 2 aromatic rings. The minimum atomic E-state index is -0.616. The number of ketones is 1. The molecule has 0 atom stereocenters. The molecule has 1 amide bonds. The van der Waals surface area contributed by atoms with Crippen molar-refractivity contribution in [2.24, 2.45) is 0 Å². The van der Waals surface area contributed by atoms with Crippen molar-refractivity contribution in [3.8, 4) is 5.75 Å². The number of carbonyl (C=O) groups excluding carboxylic acids is 3. The number of rotatable bonds is 6. The van der Waals surface area contributed by atoms with Gasteiger partial charge in [-0.15, -0.1) is 0 Å². The van der Waals surface area contributed by atoms with Crippen molar-refractivity contribution in [2.75, 3.05) is 25.2 Å². The van der Waals surface area contributed by atoms with Crippen LogP contribution in [0.25, 0.3) is 0 Å². The lowest BCUT2D eigenvalue weighted by Crippen LogP contribution is -2.23. The van der Waals surface area contributed by atoms with Gasteiger partial charge in [0, 0.05) is 24.2 Å². The van der Waals surface area contributed by atoms with Crippen molar-refractivity contribution < 1.29 is 23.9 Å². The zero-order valence-corrected chi connectivity index (χ0v) is 14.4. The van der Waals surface area contributed by atoms with E-state index in [4.69, 9.17) is 9.47 Å².